The molecule has 0 fully saturated rings. The van der Waals surface area contributed by atoms with Crippen molar-refractivity contribution in [2.75, 3.05) is 13.7 Å². The highest BCUT2D eigenvalue weighted by Crippen LogP contribution is 2.06. The van der Waals surface area contributed by atoms with Gasteiger partial charge in [-0.25, -0.2) is 4.79 Å². The Bertz CT molecular complexity index is 430. The lowest BCUT2D eigenvalue weighted by Gasteiger charge is -2.10. The Morgan fingerprint density at radius 2 is 2.05 bits per heavy atom. The van der Waals surface area contributed by atoms with Crippen molar-refractivity contribution >= 4 is 6.16 Å². The molecule has 4 heteroatoms. The van der Waals surface area contributed by atoms with E-state index in [4.69, 9.17) is 9.84 Å². The van der Waals surface area contributed by atoms with Crippen molar-refractivity contribution in [2.24, 2.45) is 0 Å². The first-order valence-electron chi connectivity index (χ1n) is 6.18. The largest absolute Gasteiger partial charge is 0.509 e. The summed E-state index contributed by atoms with van der Waals surface area (Å²) in [7, 11) is 1.26. The number of ether oxygens (including phenoxy) is 2. The van der Waals surface area contributed by atoms with Gasteiger partial charge < -0.3 is 14.6 Å². The van der Waals surface area contributed by atoms with Crippen LogP contribution in [0, 0.1) is 11.8 Å². The summed E-state index contributed by atoms with van der Waals surface area (Å²) in [5.74, 6) is 5.86. The SMILES string of the molecule is COC(=O)O[C@@H](C#Cc1ccccc1)CCCCO. The highest BCUT2D eigenvalue weighted by molar-refractivity contribution is 5.60. The fourth-order valence-corrected chi connectivity index (χ4v) is 1.45. The predicted molar refractivity (Wildman–Crippen MR) is 71.5 cm³/mol. The number of carbonyl (C=O) groups excluding carboxylic acids is 1. The van der Waals surface area contributed by atoms with Gasteiger partial charge >= 0.3 is 6.16 Å². The molecule has 0 aliphatic carbocycles. The summed E-state index contributed by atoms with van der Waals surface area (Å²) in [6, 6.07) is 9.47. The van der Waals surface area contributed by atoms with Gasteiger partial charge in [-0.3, -0.25) is 0 Å². The number of aliphatic hydroxyl groups is 1. The van der Waals surface area contributed by atoms with Crippen molar-refractivity contribution in [1.29, 1.82) is 0 Å². The minimum atomic E-state index is -0.739. The molecule has 0 spiro atoms. The van der Waals surface area contributed by atoms with Gasteiger partial charge in [0.1, 0.15) is 0 Å². The highest BCUT2D eigenvalue weighted by atomic mass is 16.7. The van der Waals surface area contributed by atoms with Crippen LogP contribution in [0.2, 0.25) is 0 Å². The molecule has 1 aromatic rings. The molecule has 0 saturated heterocycles. The zero-order chi connectivity index (χ0) is 13.9. The molecule has 102 valence electrons. The molecule has 0 unspecified atom stereocenters. The molecule has 1 N–H and O–H groups in total. The van der Waals surface area contributed by atoms with E-state index in [9.17, 15) is 4.79 Å². The van der Waals surface area contributed by atoms with Gasteiger partial charge in [0.25, 0.3) is 0 Å². The lowest BCUT2D eigenvalue weighted by atomic mass is 10.1. The Balaban J connectivity index is 2.62. The van der Waals surface area contributed by atoms with E-state index in [1.54, 1.807) is 0 Å². The van der Waals surface area contributed by atoms with E-state index >= 15 is 0 Å². The smallest absolute Gasteiger partial charge is 0.438 e. The fraction of sp³-hybridized carbons (Fsp3) is 0.400. The zero-order valence-electron chi connectivity index (χ0n) is 11.0. The molecule has 0 saturated carbocycles. The van der Waals surface area contributed by atoms with E-state index in [-0.39, 0.29) is 6.61 Å². The third kappa shape index (κ3) is 6.49. The summed E-state index contributed by atoms with van der Waals surface area (Å²) in [5, 5.41) is 8.75. The summed E-state index contributed by atoms with van der Waals surface area (Å²) in [6.07, 6.45) is 0.723. The molecule has 0 heterocycles. The topological polar surface area (TPSA) is 55.8 Å². The van der Waals surface area contributed by atoms with Crippen LogP contribution in [-0.4, -0.2) is 31.1 Å². The van der Waals surface area contributed by atoms with Gasteiger partial charge in [0, 0.05) is 12.2 Å². The van der Waals surface area contributed by atoms with Gasteiger partial charge in [-0.05, 0) is 31.4 Å². The Kier molecular flexibility index (Phi) is 7.14. The van der Waals surface area contributed by atoms with Crippen LogP contribution in [-0.2, 0) is 9.47 Å². The van der Waals surface area contributed by atoms with Crippen molar-refractivity contribution in [1.82, 2.24) is 0 Å². The molecule has 0 bridgehead atoms. The number of benzene rings is 1. The maximum atomic E-state index is 11.1. The average molecular weight is 262 g/mol. The molecular weight excluding hydrogens is 244 g/mol. The van der Waals surface area contributed by atoms with Crippen LogP contribution >= 0.6 is 0 Å². The lowest BCUT2D eigenvalue weighted by Crippen LogP contribution is -2.16. The van der Waals surface area contributed by atoms with E-state index in [1.807, 2.05) is 30.3 Å². The van der Waals surface area contributed by atoms with Crippen molar-refractivity contribution in [3.8, 4) is 11.8 Å². The first kappa shape index (κ1) is 15.1. The molecule has 1 rings (SSSR count). The van der Waals surface area contributed by atoms with Crippen molar-refractivity contribution in [3.05, 3.63) is 35.9 Å². The number of rotatable bonds is 5. The molecule has 0 aromatic heterocycles. The monoisotopic (exact) mass is 262 g/mol. The second-order valence-corrected chi connectivity index (χ2v) is 3.92. The van der Waals surface area contributed by atoms with E-state index < -0.39 is 12.3 Å². The fourth-order valence-electron chi connectivity index (χ4n) is 1.45. The van der Waals surface area contributed by atoms with Crippen LogP contribution in [0.15, 0.2) is 30.3 Å². The number of hydrogen-bond donors (Lipinski definition) is 1. The quantitative estimate of drug-likeness (QED) is 0.503. The van der Waals surface area contributed by atoms with Crippen LogP contribution in [0.5, 0.6) is 0 Å². The van der Waals surface area contributed by atoms with Crippen LogP contribution in [0.25, 0.3) is 0 Å². The Morgan fingerprint density at radius 1 is 1.32 bits per heavy atom. The minimum Gasteiger partial charge on any atom is -0.438 e. The van der Waals surface area contributed by atoms with E-state index in [1.165, 1.54) is 7.11 Å². The van der Waals surface area contributed by atoms with E-state index in [0.29, 0.717) is 12.8 Å². The van der Waals surface area contributed by atoms with Gasteiger partial charge in [0.15, 0.2) is 6.10 Å². The molecule has 1 aromatic carbocycles. The van der Waals surface area contributed by atoms with Crippen molar-refractivity contribution in [2.45, 2.75) is 25.4 Å². The van der Waals surface area contributed by atoms with Crippen LogP contribution in [0.3, 0.4) is 0 Å². The number of hydrogen-bond acceptors (Lipinski definition) is 4. The Hall–Kier alpha value is -1.99. The average Bonchev–Trinajstić information content (AvgIpc) is 2.45. The second-order valence-electron chi connectivity index (χ2n) is 3.92. The van der Waals surface area contributed by atoms with Crippen LogP contribution in [0.4, 0.5) is 4.79 Å². The second kappa shape index (κ2) is 9.01. The van der Waals surface area contributed by atoms with Gasteiger partial charge in [-0.15, -0.1) is 0 Å². The Labute approximate surface area is 113 Å². The van der Waals surface area contributed by atoms with Gasteiger partial charge in [-0.1, -0.05) is 30.0 Å². The van der Waals surface area contributed by atoms with E-state index in [2.05, 4.69) is 16.6 Å². The third-order valence-electron chi connectivity index (χ3n) is 2.43. The molecule has 0 radical (unpaired) electrons. The lowest BCUT2D eigenvalue weighted by molar-refractivity contribution is 0.0518. The molecule has 0 amide bonds. The molecule has 1 atom stereocenters. The summed E-state index contributed by atoms with van der Waals surface area (Å²) in [4.78, 5) is 11.1. The zero-order valence-corrected chi connectivity index (χ0v) is 11.0. The first-order valence-corrected chi connectivity index (χ1v) is 6.18. The maximum absolute atomic E-state index is 11.1. The summed E-state index contributed by atoms with van der Waals surface area (Å²) < 4.78 is 9.51. The highest BCUT2D eigenvalue weighted by Gasteiger charge is 2.11. The number of methoxy groups -OCH3 is 1. The number of unbranched alkanes of at least 4 members (excludes halogenated alkanes) is 1. The van der Waals surface area contributed by atoms with Gasteiger partial charge in [0.05, 0.1) is 7.11 Å². The van der Waals surface area contributed by atoms with E-state index in [0.717, 1.165) is 12.0 Å². The molecule has 4 nitrogen and oxygen atoms in total. The first-order chi connectivity index (χ1) is 9.26. The molecular formula is C15H18O4. The van der Waals surface area contributed by atoms with Gasteiger partial charge in [0.2, 0.25) is 0 Å². The normalized spacial score (nSPS) is 11.1. The minimum absolute atomic E-state index is 0.122. The third-order valence-corrected chi connectivity index (χ3v) is 2.43. The van der Waals surface area contributed by atoms with Crippen molar-refractivity contribution in [3.63, 3.8) is 0 Å². The maximum Gasteiger partial charge on any atom is 0.509 e. The van der Waals surface area contributed by atoms with Gasteiger partial charge in [-0.2, -0.15) is 0 Å². The summed E-state index contributed by atoms with van der Waals surface area (Å²) >= 11 is 0. The van der Waals surface area contributed by atoms with Crippen LogP contribution < -0.4 is 0 Å². The number of aliphatic hydroxyl groups excluding tert-OH is 1. The Morgan fingerprint density at radius 3 is 2.68 bits per heavy atom. The van der Waals surface area contributed by atoms with Crippen molar-refractivity contribution < 1.29 is 19.4 Å². The predicted octanol–water partition coefficient (Wildman–Crippen LogP) is 2.35. The molecule has 0 aliphatic rings. The molecule has 19 heavy (non-hydrogen) atoms. The molecule has 0 aliphatic heterocycles. The van der Waals surface area contributed by atoms with Crippen LogP contribution in [0.1, 0.15) is 24.8 Å². The summed E-state index contributed by atoms with van der Waals surface area (Å²) in [6.45, 7) is 0.122. The standard InChI is InChI=1S/C15H18O4/c1-18-15(17)19-14(9-5-6-12-16)11-10-13-7-3-2-4-8-13/h2-4,7-8,14,16H,5-6,9,12H2,1H3/t14-/m1/s1. The summed E-state index contributed by atoms with van der Waals surface area (Å²) in [5.41, 5.74) is 0.864. The number of carbonyl (C=O) groups is 1.